The molecule has 0 radical (unpaired) electrons. The van der Waals surface area contributed by atoms with E-state index >= 15 is 0 Å². The summed E-state index contributed by atoms with van der Waals surface area (Å²) in [7, 11) is 0. The molecule has 0 saturated heterocycles. The Bertz CT molecular complexity index is 490. The van der Waals surface area contributed by atoms with Crippen molar-refractivity contribution in [2.75, 3.05) is 0 Å². The number of hydrogen-bond donors (Lipinski definition) is 0. The average molecular weight is 299 g/mol. The van der Waals surface area contributed by atoms with Gasteiger partial charge < -0.3 is 0 Å². The van der Waals surface area contributed by atoms with Crippen molar-refractivity contribution < 1.29 is 0 Å². The van der Waals surface area contributed by atoms with E-state index in [9.17, 15) is 0 Å². The zero-order chi connectivity index (χ0) is 13.0. The van der Waals surface area contributed by atoms with Gasteiger partial charge in [0.15, 0.2) is 4.34 Å². The monoisotopic (exact) mass is 299 g/mol. The zero-order valence-electron chi connectivity index (χ0n) is 10.8. The third kappa shape index (κ3) is 4.33. The molecule has 18 heavy (non-hydrogen) atoms. The van der Waals surface area contributed by atoms with Crippen LogP contribution in [0.3, 0.4) is 0 Å². The van der Waals surface area contributed by atoms with Gasteiger partial charge in [-0.1, -0.05) is 36.9 Å². The lowest BCUT2D eigenvalue weighted by atomic mass is 10.1. The Morgan fingerprint density at radius 1 is 1.33 bits per heavy atom. The van der Waals surface area contributed by atoms with Crippen molar-refractivity contribution in [1.29, 1.82) is 0 Å². The predicted molar refractivity (Wildman–Crippen MR) is 79.5 cm³/mol. The number of thioether (sulfide) groups is 1. The van der Waals surface area contributed by atoms with Crippen molar-refractivity contribution >= 4 is 34.4 Å². The Balaban J connectivity index is 1.83. The Hall–Kier alpha value is -0.460. The van der Waals surface area contributed by atoms with Gasteiger partial charge in [-0.15, -0.1) is 21.5 Å². The van der Waals surface area contributed by atoms with Crippen LogP contribution in [0.15, 0.2) is 9.72 Å². The molecule has 0 amide bonds. The van der Waals surface area contributed by atoms with E-state index in [-0.39, 0.29) is 0 Å². The maximum Gasteiger partial charge on any atom is 0.174 e. The van der Waals surface area contributed by atoms with E-state index < -0.39 is 0 Å². The van der Waals surface area contributed by atoms with Crippen molar-refractivity contribution in [3.63, 3.8) is 0 Å². The number of aromatic nitrogens is 3. The summed E-state index contributed by atoms with van der Waals surface area (Å²) in [4.78, 5) is 4.66. The van der Waals surface area contributed by atoms with Crippen LogP contribution in [-0.4, -0.2) is 15.2 Å². The molecule has 0 aromatic carbocycles. The van der Waals surface area contributed by atoms with E-state index in [0.717, 1.165) is 33.1 Å². The highest BCUT2D eigenvalue weighted by atomic mass is 32.2. The Morgan fingerprint density at radius 3 is 2.83 bits per heavy atom. The average Bonchev–Trinajstić information content (AvgIpc) is 2.93. The second-order valence-corrected chi connectivity index (χ2v) is 7.89. The Kier molecular flexibility index (Phi) is 5.14. The third-order valence-electron chi connectivity index (χ3n) is 2.39. The van der Waals surface area contributed by atoms with Crippen LogP contribution in [0.1, 0.15) is 36.0 Å². The molecular formula is C12H17N3S3. The second-order valence-electron chi connectivity index (χ2n) is 4.54. The first-order valence-electron chi connectivity index (χ1n) is 5.99. The fourth-order valence-electron chi connectivity index (χ4n) is 1.41. The highest BCUT2D eigenvalue weighted by Gasteiger charge is 2.06. The van der Waals surface area contributed by atoms with Gasteiger partial charge in [0.05, 0.1) is 10.7 Å². The van der Waals surface area contributed by atoms with Gasteiger partial charge in [-0.3, -0.25) is 0 Å². The highest BCUT2D eigenvalue weighted by molar-refractivity contribution is 8.00. The molecule has 2 rings (SSSR count). The van der Waals surface area contributed by atoms with E-state index in [1.165, 1.54) is 11.4 Å². The van der Waals surface area contributed by atoms with Gasteiger partial charge in [0.1, 0.15) is 5.01 Å². The zero-order valence-corrected chi connectivity index (χ0v) is 13.3. The molecule has 0 N–H and O–H groups in total. The van der Waals surface area contributed by atoms with Gasteiger partial charge in [-0.2, -0.15) is 0 Å². The molecule has 0 bridgehead atoms. The lowest BCUT2D eigenvalue weighted by molar-refractivity contribution is 0.585. The molecule has 2 aromatic heterocycles. The standard InChI is InChI=1S/C12H17N3S3/c1-8(2)4-5-11-13-10(6-16-11)7-17-12-15-14-9(3)18-12/h6,8H,4-5,7H2,1-3H3. The first-order valence-corrected chi connectivity index (χ1v) is 8.68. The molecule has 0 aliphatic carbocycles. The lowest BCUT2D eigenvalue weighted by Gasteiger charge is -2.00. The number of nitrogens with zero attached hydrogens (tertiary/aromatic N) is 3. The first kappa shape index (κ1) is 14.0. The maximum absolute atomic E-state index is 4.66. The highest BCUT2D eigenvalue weighted by Crippen LogP contribution is 2.26. The molecule has 0 saturated carbocycles. The minimum atomic E-state index is 0.746. The Morgan fingerprint density at radius 2 is 2.17 bits per heavy atom. The molecule has 6 heteroatoms. The van der Waals surface area contributed by atoms with Crippen LogP contribution in [0.25, 0.3) is 0 Å². The largest absolute Gasteiger partial charge is 0.245 e. The molecule has 0 spiro atoms. The van der Waals surface area contributed by atoms with E-state index in [1.54, 1.807) is 34.4 Å². The molecular weight excluding hydrogens is 282 g/mol. The van der Waals surface area contributed by atoms with Crippen molar-refractivity contribution in [1.82, 2.24) is 15.2 Å². The SMILES string of the molecule is Cc1nnc(SCc2csc(CCC(C)C)n2)s1. The van der Waals surface area contributed by atoms with Crippen LogP contribution in [0.4, 0.5) is 0 Å². The first-order chi connectivity index (χ1) is 8.63. The summed E-state index contributed by atoms with van der Waals surface area (Å²) in [5.74, 6) is 1.64. The third-order valence-corrected chi connectivity index (χ3v) is 5.35. The van der Waals surface area contributed by atoms with E-state index in [2.05, 4.69) is 34.4 Å². The van der Waals surface area contributed by atoms with Gasteiger partial charge in [0.25, 0.3) is 0 Å². The van der Waals surface area contributed by atoms with Crippen LogP contribution in [0.2, 0.25) is 0 Å². The summed E-state index contributed by atoms with van der Waals surface area (Å²) < 4.78 is 1.03. The molecule has 0 atom stereocenters. The van der Waals surface area contributed by atoms with Crippen molar-refractivity contribution in [3.8, 4) is 0 Å². The van der Waals surface area contributed by atoms with Crippen molar-refractivity contribution in [3.05, 3.63) is 21.1 Å². The van der Waals surface area contributed by atoms with Crippen LogP contribution in [0.5, 0.6) is 0 Å². The second kappa shape index (κ2) is 6.63. The molecule has 98 valence electrons. The lowest BCUT2D eigenvalue weighted by Crippen LogP contribution is -1.92. The summed E-state index contributed by atoms with van der Waals surface area (Å²) in [6, 6.07) is 0. The number of rotatable bonds is 6. The number of hydrogen-bond acceptors (Lipinski definition) is 6. The quantitative estimate of drug-likeness (QED) is 0.750. The summed E-state index contributed by atoms with van der Waals surface area (Å²) in [5.41, 5.74) is 1.16. The summed E-state index contributed by atoms with van der Waals surface area (Å²) in [6.45, 7) is 6.49. The molecule has 3 nitrogen and oxygen atoms in total. The smallest absolute Gasteiger partial charge is 0.174 e. The topological polar surface area (TPSA) is 38.7 Å². The fourth-order valence-corrected chi connectivity index (χ4v) is 4.04. The van der Waals surface area contributed by atoms with E-state index in [1.807, 2.05) is 6.92 Å². The van der Waals surface area contributed by atoms with E-state index in [4.69, 9.17) is 0 Å². The van der Waals surface area contributed by atoms with Gasteiger partial charge >= 0.3 is 0 Å². The van der Waals surface area contributed by atoms with Crippen LogP contribution in [0, 0.1) is 12.8 Å². The molecule has 0 unspecified atom stereocenters. The maximum atomic E-state index is 4.66. The van der Waals surface area contributed by atoms with Gasteiger partial charge in [0.2, 0.25) is 0 Å². The van der Waals surface area contributed by atoms with Gasteiger partial charge in [-0.25, -0.2) is 4.98 Å². The molecule has 0 aliphatic rings. The molecule has 0 aliphatic heterocycles. The summed E-state index contributed by atoms with van der Waals surface area (Å²) in [5, 5.41) is 12.6. The minimum Gasteiger partial charge on any atom is -0.245 e. The Labute approximate surface area is 120 Å². The van der Waals surface area contributed by atoms with Crippen LogP contribution in [-0.2, 0) is 12.2 Å². The number of aryl methyl sites for hydroxylation is 2. The van der Waals surface area contributed by atoms with Crippen LogP contribution < -0.4 is 0 Å². The minimum absolute atomic E-state index is 0.746. The van der Waals surface area contributed by atoms with Gasteiger partial charge in [0, 0.05) is 11.1 Å². The molecule has 2 heterocycles. The van der Waals surface area contributed by atoms with E-state index in [0.29, 0.717) is 0 Å². The fraction of sp³-hybridized carbons (Fsp3) is 0.583. The molecule has 0 fully saturated rings. The van der Waals surface area contributed by atoms with Crippen LogP contribution >= 0.6 is 34.4 Å². The summed E-state index contributed by atoms with van der Waals surface area (Å²) >= 11 is 5.14. The number of thiazole rings is 1. The predicted octanol–water partition coefficient (Wildman–Crippen LogP) is 4.18. The summed E-state index contributed by atoms with van der Waals surface area (Å²) in [6.07, 6.45) is 2.32. The van der Waals surface area contributed by atoms with Crippen molar-refractivity contribution in [2.24, 2.45) is 5.92 Å². The van der Waals surface area contributed by atoms with Gasteiger partial charge in [-0.05, 0) is 25.7 Å². The normalized spacial score (nSPS) is 11.3. The van der Waals surface area contributed by atoms with Crippen molar-refractivity contribution in [2.45, 2.75) is 43.7 Å². The molecule has 2 aromatic rings.